The first-order chi connectivity index (χ1) is 18.3. The van der Waals surface area contributed by atoms with Crippen molar-refractivity contribution in [1.29, 1.82) is 0 Å². The van der Waals surface area contributed by atoms with Crippen LogP contribution in [0.3, 0.4) is 0 Å². The second-order valence-corrected chi connectivity index (χ2v) is 11.4. The normalized spacial score (nSPS) is 18.9. The van der Waals surface area contributed by atoms with Crippen molar-refractivity contribution in [1.82, 2.24) is 0 Å². The Labute approximate surface area is 233 Å². The van der Waals surface area contributed by atoms with Gasteiger partial charge in [-0.2, -0.15) is 0 Å². The average Bonchev–Trinajstić information content (AvgIpc) is 3.11. The number of nitrogens with zero attached hydrogens (tertiary/aromatic N) is 1. The number of rotatable bonds is 10. The average molecular weight is 536 g/mol. The van der Waals surface area contributed by atoms with Crippen LogP contribution in [0.25, 0.3) is 6.08 Å². The van der Waals surface area contributed by atoms with Crippen LogP contribution in [0.5, 0.6) is 17.2 Å². The quantitative estimate of drug-likeness (QED) is 0.235. The summed E-state index contributed by atoms with van der Waals surface area (Å²) < 4.78 is 5.58. The first-order valence-corrected chi connectivity index (χ1v) is 14.4. The monoisotopic (exact) mass is 535 g/mol. The molecule has 38 heavy (non-hydrogen) atoms. The van der Waals surface area contributed by atoms with Crippen LogP contribution < -0.4 is 9.64 Å². The second kappa shape index (κ2) is 12.3. The van der Waals surface area contributed by atoms with Crippen LogP contribution in [0.2, 0.25) is 0 Å². The molecule has 2 aromatic rings. The van der Waals surface area contributed by atoms with Crippen molar-refractivity contribution in [3.63, 3.8) is 0 Å². The van der Waals surface area contributed by atoms with Gasteiger partial charge in [-0.05, 0) is 84.4 Å². The van der Waals surface area contributed by atoms with E-state index in [1.54, 1.807) is 19.2 Å². The Morgan fingerprint density at radius 3 is 2.45 bits per heavy atom. The van der Waals surface area contributed by atoms with Crippen molar-refractivity contribution in [3.8, 4) is 17.2 Å². The third-order valence-corrected chi connectivity index (χ3v) is 8.43. The first kappa shape index (κ1) is 28.2. The van der Waals surface area contributed by atoms with Gasteiger partial charge in [-0.15, -0.1) is 0 Å². The molecule has 1 aliphatic heterocycles. The number of anilines is 1. The molecular formula is C33H42ClNO3. The Balaban J connectivity index is 1.68. The topological polar surface area (TPSA) is 52.9 Å². The minimum Gasteiger partial charge on any atom is -0.504 e. The number of benzene rings is 2. The first-order valence-electron chi connectivity index (χ1n) is 14.1. The number of hydrogen-bond acceptors (Lipinski definition) is 4. The number of phenols is 2. The molecule has 0 amide bonds. The van der Waals surface area contributed by atoms with Crippen molar-refractivity contribution in [2.24, 2.45) is 0 Å². The molecule has 1 heterocycles. The molecule has 0 radical (unpaired) electrons. The third kappa shape index (κ3) is 6.07. The Hall–Kier alpha value is -2.85. The van der Waals surface area contributed by atoms with E-state index in [4.69, 9.17) is 16.3 Å². The number of aromatic hydroxyl groups is 2. The Morgan fingerprint density at radius 1 is 0.947 bits per heavy atom. The zero-order chi connectivity index (χ0) is 27.3. The summed E-state index contributed by atoms with van der Waals surface area (Å²) in [6.07, 6.45) is 14.8. The Kier molecular flexibility index (Phi) is 9.15. The molecule has 0 fully saturated rings. The minimum absolute atomic E-state index is 0.118. The summed E-state index contributed by atoms with van der Waals surface area (Å²) in [7, 11) is 1.73. The van der Waals surface area contributed by atoms with Gasteiger partial charge in [0.15, 0.2) is 11.5 Å². The number of hydrogen-bond donors (Lipinski definition) is 2. The fourth-order valence-electron chi connectivity index (χ4n) is 5.70. The smallest absolute Gasteiger partial charge is 0.157 e. The van der Waals surface area contributed by atoms with Gasteiger partial charge in [0.1, 0.15) is 5.75 Å². The number of ether oxygens (including phenoxy) is 1. The number of fused-ring (bicyclic) bond motifs is 1. The molecule has 2 aromatic carbocycles. The summed E-state index contributed by atoms with van der Waals surface area (Å²) >= 11 is 7.04. The molecule has 4 nitrogen and oxygen atoms in total. The van der Waals surface area contributed by atoms with Gasteiger partial charge >= 0.3 is 0 Å². The van der Waals surface area contributed by atoms with E-state index >= 15 is 0 Å². The van der Waals surface area contributed by atoms with E-state index in [1.165, 1.54) is 55.1 Å². The maximum atomic E-state index is 9.93. The summed E-state index contributed by atoms with van der Waals surface area (Å²) in [4.78, 5) is 2.50. The predicted octanol–water partition coefficient (Wildman–Crippen LogP) is 9.21. The molecular weight excluding hydrogens is 494 g/mol. The molecule has 4 rings (SSSR count). The SMILES string of the molecule is CCCCCCCCN1C(=CC2=C(Cl)C(=Cc3ccc(O)c(O)c3)CCC2)C(C)(C)c2cc(OC)ccc21. The summed E-state index contributed by atoms with van der Waals surface area (Å²) in [5.74, 6) is 0.645. The van der Waals surface area contributed by atoms with Crippen LogP contribution in [-0.2, 0) is 5.41 Å². The van der Waals surface area contributed by atoms with Crippen molar-refractivity contribution >= 4 is 23.4 Å². The molecule has 0 spiro atoms. The lowest BCUT2D eigenvalue weighted by atomic mass is 9.82. The van der Waals surface area contributed by atoms with Gasteiger partial charge in [0.2, 0.25) is 0 Å². The number of methoxy groups -OCH3 is 1. The molecule has 0 saturated carbocycles. The predicted molar refractivity (Wildman–Crippen MR) is 159 cm³/mol. The zero-order valence-electron chi connectivity index (χ0n) is 23.3. The van der Waals surface area contributed by atoms with Crippen LogP contribution >= 0.6 is 11.6 Å². The maximum Gasteiger partial charge on any atom is 0.157 e. The molecule has 1 aliphatic carbocycles. The lowest BCUT2D eigenvalue weighted by Gasteiger charge is -2.29. The molecule has 0 bridgehead atoms. The van der Waals surface area contributed by atoms with E-state index in [-0.39, 0.29) is 16.9 Å². The van der Waals surface area contributed by atoms with Gasteiger partial charge in [0, 0.05) is 28.4 Å². The molecule has 204 valence electrons. The van der Waals surface area contributed by atoms with Crippen LogP contribution in [0.4, 0.5) is 5.69 Å². The molecule has 0 aromatic heterocycles. The minimum atomic E-state index is -0.180. The largest absolute Gasteiger partial charge is 0.504 e. The van der Waals surface area contributed by atoms with E-state index in [0.29, 0.717) is 0 Å². The van der Waals surface area contributed by atoms with E-state index in [2.05, 4.69) is 49.9 Å². The summed E-state index contributed by atoms with van der Waals surface area (Å²) in [6, 6.07) is 11.3. The van der Waals surface area contributed by atoms with Gasteiger partial charge in [-0.1, -0.05) is 76.6 Å². The third-order valence-electron chi connectivity index (χ3n) is 7.94. The molecule has 0 atom stereocenters. The van der Waals surface area contributed by atoms with Crippen molar-refractivity contribution in [2.45, 2.75) is 84.0 Å². The van der Waals surface area contributed by atoms with Crippen molar-refractivity contribution in [2.75, 3.05) is 18.6 Å². The summed E-state index contributed by atoms with van der Waals surface area (Å²) in [6.45, 7) is 7.84. The van der Waals surface area contributed by atoms with E-state index in [9.17, 15) is 10.2 Å². The highest BCUT2D eigenvalue weighted by Crippen LogP contribution is 2.50. The van der Waals surface area contributed by atoms with E-state index in [0.717, 1.165) is 59.7 Å². The van der Waals surface area contributed by atoms with Gasteiger partial charge in [0.25, 0.3) is 0 Å². The van der Waals surface area contributed by atoms with Crippen LogP contribution in [-0.4, -0.2) is 23.9 Å². The highest BCUT2D eigenvalue weighted by molar-refractivity contribution is 6.33. The highest BCUT2D eigenvalue weighted by Gasteiger charge is 2.40. The molecule has 2 aliphatic rings. The van der Waals surface area contributed by atoms with Gasteiger partial charge in [0.05, 0.1) is 7.11 Å². The highest BCUT2D eigenvalue weighted by atomic mass is 35.5. The number of unbranched alkanes of at least 4 members (excludes halogenated alkanes) is 5. The number of allylic oxidation sites excluding steroid dienone is 5. The zero-order valence-corrected chi connectivity index (χ0v) is 24.1. The second-order valence-electron chi connectivity index (χ2n) is 11.1. The molecule has 0 unspecified atom stereocenters. The maximum absolute atomic E-state index is 9.93. The van der Waals surface area contributed by atoms with E-state index < -0.39 is 0 Å². The number of phenolic OH excluding ortho intramolecular Hbond substituents is 2. The number of halogens is 1. The Bertz CT molecular complexity index is 1240. The van der Waals surface area contributed by atoms with E-state index in [1.807, 2.05) is 6.08 Å². The van der Waals surface area contributed by atoms with Crippen molar-refractivity contribution < 1.29 is 14.9 Å². The van der Waals surface area contributed by atoms with Crippen LogP contribution in [0, 0.1) is 0 Å². The molecule has 2 N–H and O–H groups in total. The van der Waals surface area contributed by atoms with Gasteiger partial charge in [-0.3, -0.25) is 0 Å². The fourth-order valence-corrected chi connectivity index (χ4v) is 5.99. The molecule has 0 saturated heterocycles. The lowest BCUT2D eigenvalue weighted by molar-refractivity contribution is 0.403. The van der Waals surface area contributed by atoms with Crippen LogP contribution in [0.1, 0.15) is 89.7 Å². The summed E-state index contributed by atoms with van der Waals surface area (Å²) in [5, 5.41) is 20.4. The fraction of sp³-hybridized carbons (Fsp3) is 0.455. The van der Waals surface area contributed by atoms with Crippen molar-refractivity contribution in [3.05, 3.63) is 75.5 Å². The Morgan fingerprint density at radius 2 is 1.71 bits per heavy atom. The summed E-state index contributed by atoms with van der Waals surface area (Å²) in [5.41, 5.74) is 6.70. The van der Waals surface area contributed by atoms with Gasteiger partial charge in [-0.25, -0.2) is 0 Å². The van der Waals surface area contributed by atoms with Gasteiger partial charge < -0.3 is 19.8 Å². The standard InChI is InChI=1S/C33H42ClNO3/c1-5-6-7-8-9-10-18-35-28-16-15-26(38-4)22-27(28)33(2,3)31(35)21-25-13-11-12-24(32(25)34)19-23-14-17-29(36)30(37)20-23/h14-17,19-22,36-37H,5-13,18H2,1-4H3. The van der Waals surface area contributed by atoms with Crippen LogP contribution in [0.15, 0.2) is 64.3 Å². The molecule has 5 heteroatoms. The lowest BCUT2D eigenvalue weighted by Crippen LogP contribution is -2.27.